The number of anilines is 1. The Morgan fingerprint density at radius 2 is 1.44 bits per heavy atom. The molecule has 10 heteroatoms. The normalized spacial score (nSPS) is 15.1. The molecule has 0 aliphatic heterocycles. The highest BCUT2D eigenvalue weighted by molar-refractivity contribution is 7.86. The third kappa shape index (κ3) is 4.85. The van der Waals surface area contributed by atoms with Crippen LogP contribution in [0.5, 0.6) is 0 Å². The summed E-state index contributed by atoms with van der Waals surface area (Å²) in [6.45, 7) is 6.03. The smallest absolute Gasteiger partial charge is 0.294 e. The Bertz CT molecular complexity index is 1590. The molecule has 0 spiro atoms. The van der Waals surface area contributed by atoms with Crippen molar-refractivity contribution in [3.8, 4) is 0 Å². The highest BCUT2D eigenvalue weighted by Gasteiger charge is 2.24. The van der Waals surface area contributed by atoms with E-state index in [2.05, 4.69) is 11.9 Å². The summed E-state index contributed by atoms with van der Waals surface area (Å²) in [4.78, 5) is 4.20. The number of para-hydroxylation sites is 1. The number of aliphatic imine (C=N–C) groups is 1. The average molecular weight is 497 g/mol. The van der Waals surface area contributed by atoms with Crippen LogP contribution >= 0.6 is 0 Å². The van der Waals surface area contributed by atoms with Gasteiger partial charge < -0.3 is 5.32 Å². The Hall–Kier alpha value is -3.57. The van der Waals surface area contributed by atoms with E-state index >= 15 is 0 Å². The molecule has 4 rings (SSSR count). The van der Waals surface area contributed by atoms with E-state index in [1.165, 1.54) is 36.4 Å². The van der Waals surface area contributed by atoms with Crippen LogP contribution in [0.15, 0.2) is 99.7 Å². The van der Waals surface area contributed by atoms with Crippen LogP contribution < -0.4 is 5.32 Å². The highest BCUT2D eigenvalue weighted by Crippen LogP contribution is 2.34. The van der Waals surface area contributed by atoms with Gasteiger partial charge in [-0.25, -0.2) is 4.99 Å². The first-order chi connectivity index (χ1) is 15.9. The van der Waals surface area contributed by atoms with Gasteiger partial charge in [-0.1, -0.05) is 30.8 Å². The quantitative estimate of drug-likeness (QED) is 0.439. The summed E-state index contributed by atoms with van der Waals surface area (Å²) in [6, 6.07) is 17.1. The molecular formula is C24H20N2O6S2. The van der Waals surface area contributed by atoms with Gasteiger partial charge in [0.05, 0.1) is 21.2 Å². The molecule has 0 saturated carbocycles. The van der Waals surface area contributed by atoms with Gasteiger partial charge in [0.1, 0.15) is 0 Å². The number of hydrogen-bond donors (Lipinski definition) is 3. The van der Waals surface area contributed by atoms with Crippen LogP contribution in [0.1, 0.15) is 16.7 Å². The van der Waals surface area contributed by atoms with E-state index in [0.29, 0.717) is 33.8 Å². The van der Waals surface area contributed by atoms with Crippen LogP contribution in [0.2, 0.25) is 0 Å². The lowest BCUT2D eigenvalue weighted by atomic mass is 9.89. The van der Waals surface area contributed by atoms with Gasteiger partial charge in [-0.2, -0.15) is 16.8 Å². The summed E-state index contributed by atoms with van der Waals surface area (Å²) in [5.74, 6) is 0. The van der Waals surface area contributed by atoms with E-state index in [4.69, 9.17) is 4.99 Å². The monoisotopic (exact) mass is 496 g/mol. The van der Waals surface area contributed by atoms with Crippen molar-refractivity contribution in [3.63, 3.8) is 0 Å². The number of nitrogens with zero attached hydrogens (tertiary/aromatic N) is 1. The lowest BCUT2D eigenvalue weighted by Gasteiger charge is -2.23. The maximum Gasteiger partial charge on any atom is 0.294 e. The van der Waals surface area contributed by atoms with Crippen LogP contribution in [-0.4, -0.2) is 31.7 Å². The molecule has 0 saturated heterocycles. The second kappa shape index (κ2) is 8.65. The maximum atomic E-state index is 11.8. The van der Waals surface area contributed by atoms with Gasteiger partial charge in [0.25, 0.3) is 20.2 Å². The maximum absolute atomic E-state index is 11.8. The van der Waals surface area contributed by atoms with Crippen molar-refractivity contribution in [2.45, 2.75) is 16.7 Å². The van der Waals surface area contributed by atoms with Crippen molar-refractivity contribution in [2.75, 3.05) is 5.32 Å². The zero-order chi connectivity index (χ0) is 24.7. The molecule has 0 unspecified atom stereocenters. The van der Waals surface area contributed by atoms with E-state index in [1.807, 2.05) is 31.2 Å². The number of hydrogen-bond acceptors (Lipinski definition) is 6. The van der Waals surface area contributed by atoms with Gasteiger partial charge in [-0.05, 0) is 66.6 Å². The van der Waals surface area contributed by atoms with Gasteiger partial charge in [-0.3, -0.25) is 9.11 Å². The second-order valence-corrected chi connectivity index (χ2v) is 10.5. The topological polar surface area (TPSA) is 133 Å². The first-order valence-corrected chi connectivity index (χ1v) is 12.8. The van der Waals surface area contributed by atoms with Crippen LogP contribution in [-0.2, 0) is 20.2 Å². The fourth-order valence-electron chi connectivity index (χ4n) is 3.52. The fourth-order valence-corrected chi connectivity index (χ4v) is 4.50. The van der Waals surface area contributed by atoms with Crippen molar-refractivity contribution in [3.05, 3.63) is 102 Å². The predicted octanol–water partition coefficient (Wildman–Crippen LogP) is 4.63. The zero-order valence-electron chi connectivity index (χ0n) is 17.9. The van der Waals surface area contributed by atoms with Gasteiger partial charge in [0, 0.05) is 22.5 Å². The minimum absolute atomic E-state index is 0.262. The molecule has 0 bridgehead atoms. The van der Waals surface area contributed by atoms with Gasteiger partial charge in [0.15, 0.2) is 0 Å². The van der Waals surface area contributed by atoms with E-state index in [1.54, 1.807) is 12.1 Å². The summed E-state index contributed by atoms with van der Waals surface area (Å²) < 4.78 is 64.9. The van der Waals surface area contributed by atoms with E-state index in [0.717, 1.165) is 11.3 Å². The van der Waals surface area contributed by atoms with Crippen LogP contribution in [0.3, 0.4) is 0 Å². The lowest BCUT2D eigenvalue weighted by Crippen LogP contribution is -2.16. The third-order valence-electron chi connectivity index (χ3n) is 5.24. The number of benzene rings is 3. The van der Waals surface area contributed by atoms with Crippen molar-refractivity contribution >= 4 is 43.0 Å². The molecule has 0 aromatic heterocycles. The molecule has 3 N–H and O–H groups in total. The fraction of sp³-hybridized carbons (Fsp3) is 0.0417. The molecular weight excluding hydrogens is 476 g/mol. The van der Waals surface area contributed by atoms with Crippen LogP contribution in [0, 0.1) is 6.92 Å². The lowest BCUT2D eigenvalue weighted by molar-refractivity contribution is 0.481. The number of rotatable bonds is 5. The Morgan fingerprint density at radius 1 is 0.824 bits per heavy atom. The molecule has 0 amide bonds. The Kier molecular flexibility index (Phi) is 6.00. The number of fused-ring (bicyclic) bond motifs is 1. The molecule has 0 fully saturated rings. The molecule has 3 aromatic rings. The largest absolute Gasteiger partial charge is 0.355 e. The Labute approximate surface area is 197 Å². The molecule has 0 atom stereocenters. The molecule has 3 aromatic carbocycles. The Balaban J connectivity index is 1.83. The SMILES string of the molecule is C=C1C=C(Nc2ccc(S(=O)(=O)O)cc2)c2cc(S(=O)(=O)O)ccc2/C1=N/c1ccccc1C. The zero-order valence-corrected chi connectivity index (χ0v) is 19.6. The second-order valence-electron chi connectivity index (χ2n) is 7.64. The Morgan fingerprint density at radius 3 is 2.06 bits per heavy atom. The van der Waals surface area contributed by atoms with Crippen molar-refractivity contribution < 1.29 is 25.9 Å². The molecule has 174 valence electrons. The highest BCUT2D eigenvalue weighted by atomic mass is 32.2. The predicted molar refractivity (Wildman–Crippen MR) is 131 cm³/mol. The van der Waals surface area contributed by atoms with E-state index < -0.39 is 20.2 Å². The summed E-state index contributed by atoms with van der Waals surface area (Å²) >= 11 is 0. The van der Waals surface area contributed by atoms with Crippen LogP contribution in [0.4, 0.5) is 11.4 Å². The minimum atomic E-state index is -4.46. The molecule has 0 heterocycles. The van der Waals surface area contributed by atoms with Gasteiger partial charge in [-0.15, -0.1) is 0 Å². The van der Waals surface area contributed by atoms with E-state index in [-0.39, 0.29) is 9.79 Å². The summed E-state index contributed by atoms with van der Waals surface area (Å²) in [7, 11) is -8.80. The van der Waals surface area contributed by atoms with E-state index in [9.17, 15) is 25.9 Å². The first kappa shape index (κ1) is 23.6. The van der Waals surface area contributed by atoms with Gasteiger partial charge in [0.2, 0.25) is 0 Å². The number of aryl methyl sites for hydroxylation is 1. The summed E-state index contributed by atoms with van der Waals surface area (Å²) in [5.41, 5.74) is 4.78. The first-order valence-electron chi connectivity index (χ1n) is 9.95. The van der Waals surface area contributed by atoms with Crippen molar-refractivity contribution in [1.82, 2.24) is 0 Å². The summed E-state index contributed by atoms with van der Waals surface area (Å²) in [5, 5.41) is 3.11. The average Bonchev–Trinajstić information content (AvgIpc) is 2.76. The van der Waals surface area contributed by atoms with Crippen LogP contribution in [0.25, 0.3) is 5.70 Å². The minimum Gasteiger partial charge on any atom is -0.355 e. The molecule has 8 nitrogen and oxygen atoms in total. The third-order valence-corrected chi connectivity index (χ3v) is 6.95. The van der Waals surface area contributed by atoms with Crippen molar-refractivity contribution in [2.24, 2.45) is 4.99 Å². The standard InChI is InChI=1S/C24H20N2O6S2/c1-15-5-3-4-6-22(15)26-24-16(2)13-23(21-14-19(34(30,31)32)11-12-20(21)24)25-17-7-9-18(10-8-17)33(27,28)29/h3-14,25H,2H2,1H3,(H,27,28,29)(H,30,31,32)/b26-24+. The van der Waals surface area contributed by atoms with Gasteiger partial charge >= 0.3 is 0 Å². The molecule has 34 heavy (non-hydrogen) atoms. The summed E-state index contributed by atoms with van der Waals surface area (Å²) in [6.07, 6.45) is 1.68. The number of allylic oxidation sites excluding steroid dienone is 2. The number of nitrogens with one attached hydrogen (secondary N) is 1. The molecule has 1 aliphatic rings. The molecule has 1 aliphatic carbocycles. The van der Waals surface area contributed by atoms with Crippen molar-refractivity contribution in [1.29, 1.82) is 0 Å². The molecule has 0 radical (unpaired) electrons.